The van der Waals surface area contributed by atoms with E-state index in [2.05, 4.69) is 9.88 Å². The SMILES string of the molecule is CCOc1ccc(CN(C)Cc2cc(=O)n3cc(C)ccc3n2)cc1OC. The van der Waals surface area contributed by atoms with Crippen LogP contribution in [0.25, 0.3) is 5.65 Å². The second-order valence-corrected chi connectivity index (χ2v) is 6.61. The van der Waals surface area contributed by atoms with Gasteiger partial charge in [-0.2, -0.15) is 0 Å². The summed E-state index contributed by atoms with van der Waals surface area (Å²) < 4.78 is 12.6. The predicted molar refractivity (Wildman–Crippen MR) is 106 cm³/mol. The molecule has 0 saturated heterocycles. The molecule has 0 bridgehead atoms. The van der Waals surface area contributed by atoms with Gasteiger partial charge in [-0.25, -0.2) is 4.98 Å². The van der Waals surface area contributed by atoms with Crippen LogP contribution in [0, 0.1) is 6.92 Å². The molecule has 0 aliphatic rings. The zero-order valence-corrected chi connectivity index (χ0v) is 16.2. The molecule has 3 rings (SSSR count). The van der Waals surface area contributed by atoms with Crippen LogP contribution in [0.5, 0.6) is 11.5 Å². The fraction of sp³-hybridized carbons (Fsp3) is 0.333. The van der Waals surface area contributed by atoms with Gasteiger partial charge in [0.15, 0.2) is 11.5 Å². The number of hydrogen-bond donors (Lipinski definition) is 0. The maximum absolute atomic E-state index is 12.3. The Kier molecular flexibility index (Phi) is 5.76. The number of nitrogens with zero attached hydrogens (tertiary/aromatic N) is 3. The second-order valence-electron chi connectivity index (χ2n) is 6.61. The van der Waals surface area contributed by atoms with Gasteiger partial charge in [0, 0.05) is 25.4 Å². The van der Waals surface area contributed by atoms with Crippen molar-refractivity contribution in [2.75, 3.05) is 20.8 Å². The summed E-state index contributed by atoms with van der Waals surface area (Å²) in [6, 6.07) is 11.4. The minimum atomic E-state index is -0.0603. The standard InChI is InChI=1S/C21H25N3O3/c1-5-27-18-8-7-16(10-19(18)26-4)13-23(3)14-17-11-21(25)24-12-15(2)6-9-20(24)22-17/h6-12H,5,13-14H2,1-4H3. The van der Waals surface area contributed by atoms with E-state index in [4.69, 9.17) is 9.47 Å². The molecule has 0 atom stereocenters. The van der Waals surface area contributed by atoms with Crippen LogP contribution in [0.3, 0.4) is 0 Å². The number of rotatable bonds is 7. The maximum atomic E-state index is 12.3. The highest BCUT2D eigenvalue weighted by molar-refractivity contribution is 5.43. The first-order valence-electron chi connectivity index (χ1n) is 8.97. The first-order chi connectivity index (χ1) is 13.0. The van der Waals surface area contributed by atoms with E-state index in [1.54, 1.807) is 17.6 Å². The van der Waals surface area contributed by atoms with Crippen molar-refractivity contribution in [3.05, 3.63) is 69.8 Å². The van der Waals surface area contributed by atoms with Gasteiger partial charge in [0.2, 0.25) is 0 Å². The van der Waals surface area contributed by atoms with Crippen LogP contribution >= 0.6 is 0 Å². The maximum Gasteiger partial charge on any atom is 0.258 e. The first kappa shape index (κ1) is 18.9. The number of aryl methyl sites for hydroxylation is 1. The van der Waals surface area contributed by atoms with Gasteiger partial charge in [-0.15, -0.1) is 0 Å². The molecule has 1 aromatic carbocycles. The number of hydrogen-bond acceptors (Lipinski definition) is 5. The Bertz CT molecular complexity index is 998. The Morgan fingerprint density at radius 3 is 2.67 bits per heavy atom. The number of pyridine rings is 1. The smallest absolute Gasteiger partial charge is 0.258 e. The Morgan fingerprint density at radius 1 is 1.11 bits per heavy atom. The fourth-order valence-electron chi connectivity index (χ4n) is 3.07. The normalized spacial score (nSPS) is 11.1. The van der Waals surface area contributed by atoms with Crippen molar-refractivity contribution in [1.82, 2.24) is 14.3 Å². The third-order valence-corrected chi connectivity index (χ3v) is 4.27. The van der Waals surface area contributed by atoms with Crippen LogP contribution in [-0.2, 0) is 13.1 Å². The quantitative estimate of drug-likeness (QED) is 0.642. The number of fused-ring (bicyclic) bond motifs is 1. The molecule has 0 fully saturated rings. The van der Waals surface area contributed by atoms with Crippen molar-refractivity contribution in [1.29, 1.82) is 0 Å². The largest absolute Gasteiger partial charge is 0.493 e. The second kappa shape index (κ2) is 8.22. The van der Waals surface area contributed by atoms with E-state index in [-0.39, 0.29) is 5.56 Å². The lowest BCUT2D eigenvalue weighted by atomic mass is 10.2. The Morgan fingerprint density at radius 2 is 1.93 bits per heavy atom. The predicted octanol–water partition coefficient (Wildman–Crippen LogP) is 3.04. The van der Waals surface area contributed by atoms with Crippen LogP contribution in [0.4, 0.5) is 0 Å². The van der Waals surface area contributed by atoms with E-state index >= 15 is 0 Å². The van der Waals surface area contributed by atoms with Gasteiger partial charge in [0.25, 0.3) is 5.56 Å². The van der Waals surface area contributed by atoms with E-state index in [9.17, 15) is 4.79 Å². The van der Waals surface area contributed by atoms with Crippen molar-refractivity contribution >= 4 is 5.65 Å². The summed E-state index contributed by atoms with van der Waals surface area (Å²) in [5.74, 6) is 1.46. The molecular formula is C21H25N3O3. The summed E-state index contributed by atoms with van der Waals surface area (Å²) in [4.78, 5) is 19.1. The average molecular weight is 367 g/mol. The lowest BCUT2D eigenvalue weighted by Crippen LogP contribution is -2.22. The summed E-state index contributed by atoms with van der Waals surface area (Å²) >= 11 is 0. The molecule has 0 N–H and O–H groups in total. The van der Waals surface area contributed by atoms with E-state index in [0.717, 1.165) is 28.3 Å². The van der Waals surface area contributed by atoms with Crippen LogP contribution in [0.2, 0.25) is 0 Å². The minimum absolute atomic E-state index is 0.0603. The monoisotopic (exact) mass is 367 g/mol. The van der Waals surface area contributed by atoms with E-state index in [0.29, 0.717) is 25.3 Å². The van der Waals surface area contributed by atoms with Crippen LogP contribution in [0.1, 0.15) is 23.7 Å². The van der Waals surface area contributed by atoms with Crippen LogP contribution < -0.4 is 15.0 Å². The van der Waals surface area contributed by atoms with Gasteiger partial charge in [-0.1, -0.05) is 12.1 Å². The molecule has 0 spiro atoms. The molecule has 142 valence electrons. The highest BCUT2D eigenvalue weighted by atomic mass is 16.5. The Balaban J connectivity index is 1.76. The third kappa shape index (κ3) is 4.46. The van der Waals surface area contributed by atoms with Gasteiger partial charge >= 0.3 is 0 Å². The summed E-state index contributed by atoms with van der Waals surface area (Å²) in [7, 11) is 3.64. The average Bonchev–Trinajstić information content (AvgIpc) is 2.63. The van der Waals surface area contributed by atoms with E-state index in [1.165, 1.54) is 0 Å². The highest BCUT2D eigenvalue weighted by Gasteiger charge is 2.09. The Labute approximate surface area is 159 Å². The van der Waals surface area contributed by atoms with Crippen molar-refractivity contribution < 1.29 is 9.47 Å². The molecule has 3 aromatic rings. The summed E-state index contributed by atoms with van der Waals surface area (Å²) in [6.07, 6.45) is 1.81. The van der Waals surface area contributed by atoms with Gasteiger partial charge in [-0.05, 0) is 50.2 Å². The zero-order valence-electron chi connectivity index (χ0n) is 16.2. The molecule has 2 aromatic heterocycles. The van der Waals surface area contributed by atoms with Gasteiger partial charge < -0.3 is 9.47 Å². The molecule has 0 saturated carbocycles. The molecule has 0 aliphatic heterocycles. The first-order valence-corrected chi connectivity index (χ1v) is 8.97. The highest BCUT2D eigenvalue weighted by Crippen LogP contribution is 2.28. The van der Waals surface area contributed by atoms with Gasteiger partial charge in [0.1, 0.15) is 5.65 Å². The third-order valence-electron chi connectivity index (χ3n) is 4.27. The van der Waals surface area contributed by atoms with Crippen LogP contribution in [-0.4, -0.2) is 35.0 Å². The molecule has 0 radical (unpaired) electrons. The van der Waals surface area contributed by atoms with Crippen molar-refractivity contribution in [3.8, 4) is 11.5 Å². The number of aromatic nitrogens is 2. The molecule has 0 unspecified atom stereocenters. The molecule has 2 heterocycles. The van der Waals surface area contributed by atoms with Gasteiger partial charge in [0.05, 0.1) is 19.4 Å². The summed E-state index contributed by atoms with van der Waals surface area (Å²) in [5.41, 5.74) is 3.49. The molecule has 0 aliphatic carbocycles. The van der Waals surface area contributed by atoms with Crippen molar-refractivity contribution in [3.63, 3.8) is 0 Å². The van der Waals surface area contributed by atoms with E-state index in [1.807, 2.05) is 57.4 Å². The lowest BCUT2D eigenvalue weighted by Gasteiger charge is -2.18. The number of methoxy groups -OCH3 is 1. The minimum Gasteiger partial charge on any atom is -0.493 e. The summed E-state index contributed by atoms with van der Waals surface area (Å²) in [6.45, 7) is 5.78. The topological polar surface area (TPSA) is 56.1 Å². The van der Waals surface area contributed by atoms with Crippen molar-refractivity contribution in [2.24, 2.45) is 0 Å². The van der Waals surface area contributed by atoms with Crippen molar-refractivity contribution in [2.45, 2.75) is 26.9 Å². The molecule has 6 heteroatoms. The van der Waals surface area contributed by atoms with Crippen LogP contribution in [0.15, 0.2) is 47.4 Å². The molecule has 0 amide bonds. The molecular weight excluding hydrogens is 342 g/mol. The number of ether oxygens (including phenoxy) is 2. The number of benzene rings is 1. The fourth-order valence-corrected chi connectivity index (χ4v) is 3.07. The van der Waals surface area contributed by atoms with Gasteiger partial charge in [-0.3, -0.25) is 14.1 Å². The molecule has 27 heavy (non-hydrogen) atoms. The summed E-state index contributed by atoms with van der Waals surface area (Å²) in [5, 5.41) is 0. The molecule has 6 nitrogen and oxygen atoms in total. The lowest BCUT2D eigenvalue weighted by molar-refractivity contribution is 0.304. The van der Waals surface area contributed by atoms with E-state index < -0.39 is 0 Å². The zero-order chi connectivity index (χ0) is 19.4. The Hall–Kier alpha value is -2.86.